The van der Waals surface area contributed by atoms with Crippen molar-refractivity contribution in [3.63, 3.8) is 0 Å². The summed E-state index contributed by atoms with van der Waals surface area (Å²) in [5.74, 6) is -0.297. The second-order valence-corrected chi connectivity index (χ2v) is 6.37. The van der Waals surface area contributed by atoms with Crippen molar-refractivity contribution in [2.45, 2.75) is 39.7 Å². The number of benzene rings is 1. The largest absolute Gasteiger partial charge is 0.352 e. The van der Waals surface area contributed by atoms with Gasteiger partial charge in [-0.25, -0.2) is 4.79 Å². The smallest absolute Gasteiger partial charge is 0.312 e. The van der Waals surface area contributed by atoms with Gasteiger partial charge in [-0.2, -0.15) is 0 Å². The zero-order valence-corrected chi connectivity index (χ0v) is 14.3. The van der Waals surface area contributed by atoms with Crippen LogP contribution in [0.5, 0.6) is 0 Å². The van der Waals surface area contributed by atoms with Crippen molar-refractivity contribution in [1.82, 2.24) is 5.32 Å². The number of nitrogens with zero attached hydrogens (tertiary/aromatic N) is 1. The number of aryl methyl sites for hydroxylation is 1. The molecule has 1 aromatic carbocycles. The average Bonchev–Trinajstić information content (AvgIpc) is 2.90. The van der Waals surface area contributed by atoms with Gasteiger partial charge in [0.25, 0.3) is 0 Å². The van der Waals surface area contributed by atoms with Crippen molar-refractivity contribution in [2.24, 2.45) is 11.7 Å². The Bertz CT molecular complexity index is 657. The van der Waals surface area contributed by atoms with E-state index in [0.29, 0.717) is 12.1 Å². The molecule has 1 atom stereocenters. The van der Waals surface area contributed by atoms with Crippen molar-refractivity contribution in [1.29, 1.82) is 0 Å². The summed E-state index contributed by atoms with van der Waals surface area (Å²) in [6, 6.07) is 3.97. The lowest BCUT2D eigenvalue weighted by molar-refractivity contribution is -0.119. The van der Waals surface area contributed by atoms with E-state index in [1.165, 1.54) is 0 Å². The number of primary amides is 1. The highest BCUT2D eigenvalue weighted by atomic mass is 16.2. The van der Waals surface area contributed by atoms with Crippen LogP contribution >= 0.6 is 0 Å². The van der Waals surface area contributed by atoms with Gasteiger partial charge in [0.2, 0.25) is 11.8 Å². The molecule has 0 bridgehead atoms. The Morgan fingerprint density at radius 3 is 2.50 bits per heavy atom. The Hall–Kier alpha value is -2.57. The highest BCUT2D eigenvalue weighted by Crippen LogP contribution is 2.27. The van der Waals surface area contributed by atoms with E-state index in [0.717, 1.165) is 24.2 Å². The fourth-order valence-corrected chi connectivity index (χ4v) is 2.85. The number of anilines is 2. The first kappa shape index (κ1) is 17.8. The minimum absolute atomic E-state index is 0.0971. The van der Waals surface area contributed by atoms with Crippen molar-refractivity contribution in [3.05, 3.63) is 23.8 Å². The van der Waals surface area contributed by atoms with Crippen molar-refractivity contribution in [2.75, 3.05) is 16.8 Å². The molecule has 1 aliphatic heterocycles. The molecule has 4 amide bonds. The predicted molar refractivity (Wildman–Crippen MR) is 92.7 cm³/mol. The van der Waals surface area contributed by atoms with Crippen LogP contribution in [0.1, 0.15) is 32.3 Å². The third-order valence-electron chi connectivity index (χ3n) is 4.08. The molecule has 1 aromatic rings. The van der Waals surface area contributed by atoms with E-state index in [9.17, 15) is 14.4 Å². The Morgan fingerprint density at radius 1 is 1.29 bits per heavy atom. The van der Waals surface area contributed by atoms with E-state index in [1.54, 1.807) is 11.0 Å². The number of nitrogens with one attached hydrogen (secondary N) is 2. The van der Waals surface area contributed by atoms with Crippen LogP contribution in [0.25, 0.3) is 0 Å². The summed E-state index contributed by atoms with van der Waals surface area (Å²) in [7, 11) is 0. The topological polar surface area (TPSA) is 105 Å². The molecular weight excluding hydrogens is 308 g/mol. The molecule has 1 heterocycles. The molecule has 0 saturated carbocycles. The van der Waals surface area contributed by atoms with Crippen LogP contribution in [0.2, 0.25) is 0 Å². The van der Waals surface area contributed by atoms with E-state index in [1.807, 2.05) is 32.9 Å². The van der Waals surface area contributed by atoms with Gasteiger partial charge in [0, 0.05) is 24.3 Å². The van der Waals surface area contributed by atoms with Crippen molar-refractivity contribution in [3.8, 4) is 0 Å². The maximum Gasteiger partial charge on any atom is 0.312 e. The molecule has 0 spiro atoms. The summed E-state index contributed by atoms with van der Waals surface area (Å²) in [5, 5.41) is 5.24. The number of carbonyl (C=O) groups is 3. The highest BCUT2D eigenvalue weighted by molar-refractivity contribution is 5.99. The van der Waals surface area contributed by atoms with Gasteiger partial charge in [0.1, 0.15) is 6.04 Å². The Labute approximate surface area is 141 Å². The third-order valence-corrected chi connectivity index (χ3v) is 4.08. The van der Waals surface area contributed by atoms with Gasteiger partial charge in [-0.1, -0.05) is 13.8 Å². The minimum atomic E-state index is -0.733. The second-order valence-electron chi connectivity index (χ2n) is 6.37. The number of urea groups is 1. The average molecular weight is 332 g/mol. The summed E-state index contributed by atoms with van der Waals surface area (Å²) < 4.78 is 0. The van der Waals surface area contributed by atoms with Gasteiger partial charge >= 0.3 is 6.03 Å². The molecule has 7 heteroatoms. The molecule has 1 fully saturated rings. The Kier molecular flexibility index (Phi) is 5.43. The maximum atomic E-state index is 12.3. The molecule has 7 nitrogen and oxygen atoms in total. The first-order valence-electron chi connectivity index (χ1n) is 8.07. The number of hydrogen-bond donors (Lipinski definition) is 3. The zero-order valence-electron chi connectivity index (χ0n) is 14.3. The Balaban J connectivity index is 2.12. The lowest BCUT2D eigenvalue weighted by atomic mass is 10.0. The minimum Gasteiger partial charge on any atom is -0.352 e. The van der Waals surface area contributed by atoms with E-state index in [2.05, 4.69) is 10.6 Å². The van der Waals surface area contributed by atoms with E-state index >= 15 is 0 Å². The van der Waals surface area contributed by atoms with Crippen LogP contribution in [0.15, 0.2) is 18.2 Å². The van der Waals surface area contributed by atoms with Crippen LogP contribution in [-0.2, 0) is 9.59 Å². The van der Waals surface area contributed by atoms with Crippen LogP contribution in [0, 0.1) is 12.8 Å². The number of rotatable bonds is 5. The molecule has 1 aliphatic rings. The van der Waals surface area contributed by atoms with E-state index in [-0.39, 0.29) is 17.7 Å². The molecule has 2 rings (SSSR count). The van der Waals surface area contributed by atoms with Gasteiger partial charge in [-0.15, -0.1) is 0 Å². The van der Waals surface area contributed by atoms with Gasteiger partial charge in [0.15, 0.2) is 0 Å². The second kappa shape index (κ2) is 7.33. The molecule has 0 unspecified atom stereocenters. The molecule has 4 N–H and O–H groups in total. The predicted octanol–water partition coefficient (Wildman–Crippen LogP) is 1.75. The molecular formula is C17H24N4O3. The molecule has 24 heavy (non-hydrogen) atoms. The number of carbonyl (C=O) groups excluding carboxylic acids is 3. The van der Waals surface area contributed by atoms with Gasteiger partial charge in [0.05, 0.1) is 0 Å². The normalized spacial score (nSPS) is 15.5. The quantitative estimate of drug-likeness (QED) is 0.765. The van der Waals surface area contributed by atoms with Crippen LogP contribution in [0.4, 0.5) is 16.2 Å². The lowest BCUT2D eigenvalue weighted by Crippen LogP contribution is -2.49. The zero-order chi connectivity index (χ0) is 17.9. The van der Waals surface area contributed by atoms with E-state index < -0.39 is 12.1 Å². The fourth-order valence-electron chi connectivity index (χ4n) is 2.85. The number of hydrogen-bond acceptors (Lipinski definition) is 3. The maximum absolute atomic E-state index is 12.3. The monoisotopic (exact) mass is 332 g/mol. The number of amides is 4. The first-order valence-corrected chi connectivity index (χ1v) is 8.07. The summed E-state index contributed by atoms with van der Waals surface area (Å²) in [6.07, 6.45) is 1.44. The molecule has 130 valence electrons. The van der Waals surface area contributed by atoms with Gasteiger partial charge in [-0.3, -0.25) is 9.59 Å². The number of nitrogens with two attached hydrogens (primary N) is 1. The van der Waals surface area contributed by atoms with Crippen molar-refractivity contribution >= 4 is 29.2 Å². The fraction of sp³-hybridized carbons (Fsp3) is 0.471. The summed E-state index contributed by atoms with van der Waals surface area (Å²) >= 11 is 0. The molecule has 0 aromatic heterocycles. The summed E-state index contributed by atoms with van der Waals surface area (Å²) in [4.78, 5) is 37.0. The molecule has 0 radical (unpaired) electrons. The SMILES string of the molecule is Cc1cc(NC(=O)[C@@H](NC(N)=O)C(C)C)ccc1N1CCCC1=O. The molecule has 0 aliphatic carbocycles. The van der Waals surface area contributed by atoms with Crippen LogP contribution in [-0.4, -0.2) is 30.4 Å². The summed E-state index contributed by atoms with van der Waals surface area (Å²) in [5.41, 5.74) is 7.51. The van der Waals surface area contributed by atoms with Gasteiger partial charge < -0.3 is 21.3 Å². The third kappa shape index (κ3) is 4.04. The lowest BCUT2D eigenvalue weighted by Gasteiger charge is -2.22. The van der Waals surface area contributed by atoms with Gasteiger partial charge in [-0.05, 0) is 43.0 Å². The first-order chi connectivity index (χ1) is 11.3. The Morgan fingerprint density at radius 2 is 2.00 bits per heavy atom. The van der Waals surface area contributed by atoms with Crippen molar-refractivity contribution < 1.29 is 14.4 Å². The van der Waals surface area contributed by atoms with Crippen LogP contribution < -0.4 is 21.3 Å². The highest BCUT2D eigenvalue weighted by Gasteiger charge is 2.25. The van der Waals surface area contributed by atoms with E-state index in [4.69, 9.17) is 5.73 Å². The standard InChI is InChI=1S/C17H24N4O3/c1-10(2)15(20-17(18)24)16(23)19-12-6-7-13(11(3)9-12)21-8-4-5-14(21)22/h6-7,9-10,15H,4-5,8H2,1-3H3,(H,19,23)(H3,18,20,24)/t15-/m0/s1. The molecule has 1 saturated heterocycles. The van der Waals surface area contributed by atoms with Crippen LogP contribution in [0.3, 0.4) is 0 Å². The summed E-state index contributed by atoms with van der Waals surface area (Å²) in [6.45, 7) is 6.28.